The SMILES string of the molecule is Nc1ccc(NCc2ncn[nH]2)c(F)c1. The van der Waals surface area contributed by atoms with Crippen LogP contribution in [0.5, 0.6) is 0 Å². The Morgan fingerprint density at radius 1 is 1.47 bits per heavy atom. The van der Waals surface area contributed by atoms with Crippen LogP contribution in [0.25, 0.3) is 0 Å². The molecule has 0 fully saturated rings. The Morgan fingerprint density at radius 2 is 2.33 bits per heavy atom. The highest BCUT2D eigenvalue weighted by Gasteiger charge is 2.02. The van der Waals surface area contributed by atoms with Gasteiger partial charge in [-0.2, -0.15) is 5.10 Å². The predicted octanol–water partition coefficient (Wildman–Crippen LogP) is 1.14. The molecule has 15 heavy (non-hydrogen) atoms. The van der Waals surface area contributed by atoms with Crippen LogP contribution < -0.4 is 11.1 Å². The smallest absolute Gasteiger partial charge is 0.148 e. The first-order valence-electron chi connectivity index (χ1n) is 4.39. The van der Waals surface area contributed by atoms with E-state index in [0.717, 1.165) is 0 Å². The number of benzene rings is 1. The third-order valence-electron chi connectivity index (χ3n) is 1.90. The molecule has 1 aromatic heterocycles. The van der Waals surface area contributed by atoms with Gasteiger partial charge in [-0.25, -0.2) is 9.37 Å². The van der Waals surface area contributed by atoms with E-state index in [2.05, 4.69) is 20.5 Å². The summed E-state index contributed by atoms with van der Waals surface area (Å²) in [4.78, 5) is 3.90. The van der Waals surface area contributed by atoms with Crippen molar-refractivity contribution in [1.29, 1.82) is 0 Å². The number of aromatic nitrogens is 3. The summed E-state index contributed by atoms with van der Waals surface area (Å²) in [5, 5.41) is 9.23. The van der Waals surface area contributed by atoms with Crippen LogP contribution in [0.4, 0.5) is 15.8 Å². The van der Waals surface area contributed by atoms with Gasteiger partial charge in [0.15, 0.2) is 0 Å². The summed E-state index contributed by atoms with van der Waals surface area (Å²) in [6.07, 6.45) is 1.40. The molecule has 0 saturated carbocycles. The number of hydrogen-bond donors (Lipinski definition) is 3. The fourth-order valence-electron chi connectivity index (χ4n) is 1.17. The second-order valence-electron chi connectivity index (χ2n) is 3.03. The van der Waals surface area contributed by atoms with Gasteiger partial charge in [-0.05, 0) is 18.2 Å². The van der Waals surface area contributed by atoms with E-state index in [9.17, 15) is 4.39 Å². The molecule has 1 aromatic carbocycles. The maximum atomic E-state index is 13.3. The van der Waals surface area contributed by atoms with Gasteiger partial charge in [0, 0.05) is 5.69 Å². The van der Waals surface area contributed by atoms with Crippen LogP contribution in [-0.4, -0.2) is 15.2 Å². The fraction of sp³-hybridized carbons (Fsp3) is 0.111. The quantitative estimate of drug-likeness (QED) is 0.659. The molecule has 4 N–H and O–H groups in total. The maximum Gasteiger partial charge on any atom is 0.148 e. The Bertz CT molecular complexity index is 440. The molecule has 0 bridgehead atoms. The first-order valence-corrected chi connectivity index (χ1v) is 4.39. The molecule has 0 unspecified atom stereocenters. The van der Waals surface area contributed by atoms with Crippen molar-refractivity contribution in [2.24, 2.45) is 0 Å². The average molecular weight is 207 g/mol. The minimum atomic E-state index is -0.380. The maximum absolute atomic E-state index is 13.3. The summed E-state index contributed by atoms with van der Waals surface area (Å²) in [5.41, 5.74) is 6.21. The van der Waals surface area contributed by atoms with Gasteiger partial charge >= 0.3 is 0 Å². The molecule has 6 heteroatoms. The molecule has 1 heterocycles. The third-order valence-corrected chi connectivity index (χ3v) is 1.90. The molecule has 2 rings (SSSR count). The number of nitrogens with one attached hydrogen (secondary N) is 2. The van der Waals surface area contributed by atoms with E-state index >= 15 is 0 Å². The van der Waals surface area contributed by atoms with Crippen LogP contribution in [0.15, 0.2) is 24.5 Å². The summed E-state index contributed by atoms with van der Waals surface area (Å²) in [5.74, 6) is 0.265. The average Bonchev–Trinajstić information content (AvgIpc) is 2.69. The lowest BCUT2D eigenvalue weighted by Crippen LogP contribution is -2.03. The molecule has 0 amide bonds. The molecule has 0 aliphatic heterocycles. The highest BCUT2D eigenvalue weighted by atomic mass is 19.1. The zero-order valence-electron chi connectivity index (χ0n) is 7.87. The number of anilines is 2. The normalized spacial score (nSPS) is 10.2. The molecular formula is C9H10FN5. The molecule has 0 spiro atoms. The van der Waals surface area contributed by atoms with Gasteiger partial charge < -0.3 is 11.1 Å². The summed E-state index contributed by atoms with van der Waals surface area (Å²) in [6, 6.07) is 4.48. The molecule has 0 atom stereocenters. The van der Waals surface area contributed by atoms with E-state index in [1.807, 2.05) is 0 Å². The van der Waals surface area contributed by atoms with Gasteiger partial charge in [-0.1, -0.05) is 0 Å². The van der Waals surface area contributed by atoms with Crippen LogP contribution in [0, 0.1) is 5.82 Å². The molecule has 0 saturated heterocycles. The van der Waals surface area contributed by atoms with Crippen molar-refractivity contribution in [1.82, 2.24) is 15.2 Å². The third kappa shape index (κ3) is 2.22. The summed E-state index contributed by atoms with van der Waals surface area (Å²) >= 11 is 0. The van der Waals surface area contributed by atoms with Crippen LogP contribution in [0.1, 0.15) is 5.82 Å². The molecular weight excluding hydrogens is 197 g/mol. The number of aromatic amines is 1. The van der Waals surface area contributed by atoms with Crippen molar-refractivity contribution in [3.63, 3.8) is 0 Å². The number of nitrogens with two attached hydrogens (primary N) is 1. The van der Waals surface area contributed by atoms with Gasteiger partial charge in [0.05, 0.1) is 12.2 Å². The monoisotopic (exact) mass is 207 g/mol. The fourth-order valence-corrected chi connectivity index (χ4v) is 1.17. The number of hydrogen-bond acceptors (Lipinski definition) is 4. The summed E-state index contributed by atoms with van der Waals surface area (Å²) < 4.78 is 13.3. The van der Waals surface area contributed by atoms with Crippen LogP contribution >= 0.6 is 0 Å². The van der Waals surface area contributed by atoms with E-state index in [1.165, 1.54) is 12.4 Å². The zero-order valence-corrected chi connectivity index (χ0v) is 7.87. The van der Waals surface area contributed by atoms with Crippen molar-refractivity contribution in [3.05, 3.63) is 36.2 Å². The van der Waals surface area contributed by atoms with Crippen LogP contribution in [0.3, 0.4) is 0 Å². The number of nitrogen functional groups attached to an aromatic ring is 1. The van der Waals surface area contributed by atoms with Gasteiger partial charge in [-0.15, -0.1) is 0 Å². The Balaban J connectivity index is 2.05. The van der Waals surface area contributed by atoms with Crippen LogP contribution in [0.2, 0.25) is 0 Å². The number of rotatable bonds is 3. The molecule has 0 radical (unpaired) electrons. The van der Waals surface area contributed by atoms with E-state index in [-0.39, 0.29) is 5.82 Å². The highest BCUT2D eigenvalue weighted by Crippen LogP contribution is 2.16. The Kier molecular flexibility index (Phi) is 2.49. The van der Waals surface area contributed by atoms with Crippen molar-refractivity contribution in [2.75, 3.05) is 11.1 Å². The van der Waals surface area contributed by atoms with Gasteiger partial charge in [0.25, 0.3) is 0 Å². The number of halogens is 1. The van der Waals surface area contributed by atoms with E-state index in [4.69, 9.17) is 5.73 Å². The second kappa shape index (κ2) is 3.95. The van der Waals surface area contributed by atoms with E-state index < -0.39 is 0 Å². The van der Waals surface area contributed by atoms with Crippen molar-refractivity contribution < 1.29 is 4.39 Å². The lowest BCUT2D eigenvalue weighted by Gasteiger charge is -2.05. The number of nitrogens with zero attached hydrogens (tertiary/aromatic N) is 2. The zero-order chi connectivity index (χ0) is 10.7. The molecule has 0 aliphatic rings. The summed E-state index contributed by atoms with van der Waals surface area (Å²) in [7, 11) is 0. The van der Waals surface area contributed by atoms with E-state index in [0.29, 0.717) is 23.7 Å². The second-order valence-corrected chi connectivity index (χ2v) is 3.03. The number of H-pyrrole nitrogens is 1. The highest BCUT2D eigenvalue weighted by molar-refractivity contribution is 5.52. The van der Waals surface area contributed by atoms with Crippen molar-refractivity contribution in [3.8, 4) is 0 Å². The van der Waals surface area contributed by atoms with Gasteiger partial charge in [0.2, 0.25) is 0 Å². The molecule has 0 aliphatic carbocycles. The summed E-state index contributed by atoms with van der Waals surface area (Å²) in [6.45, 7) is 0.390. The topological polar surface area (TPSA) is 79.6 Å². The Morgan fingerprint density at radius 3 is 3.00 bits per heavy atom. The van der Waals surface area contributed by atoms with Crippen molar-refractivity contribution >= 4 is 11.4 Å². The van der Waals surface area contributed by atoms with E-state index in [1.54, 1.807) is 12.1 Å². The standard InChI is InChI=1S/C9H10FN5/c10-7-3-6(11)1-2-8(7)12-4-9-13-5-14-15-9/h1-3,5,12H,4,11H2,(H,13,14,15). The molecule has 2 aromatic rings. The first-order chi connectivity index (χ1) is 7.25. The lowest BCUT2D eigenvalue weighted by molar-refractivity contribution is 0.630. The molecule has 78 valence electrons. The predicted molar refractivity (Wildman–Crippen MR) is 54.5 cm³/mol. The van der Waals surface area contributed by atoms with Crippen molar-refractivity contribution in [2.45, 2.75) is 6.54 Å². The van der Waals surface area contributed by atoms with Gasteiger partial charge in [-0.3, -0.25) is 5.10 Å². The van der Waals surface area contributed by atoms with Crippen LogP contribution in [-0.2, 0) is 6.54 Å². The minimum Gasteiger partial charge on any atom is -0.399 e. The Labute approximate surface area is 85.5 Å². The van der Waals surface area contributed by atoms with Gasteiger partial charge in [0.1, 0.15) is 18.0 Å². The minimum absolute atomic E-state index is 0.380. The lowest BCUT2D eigenvalue weighted by atomic mass is 10.2. The molecule has 5 nitrogen and oxygen atoms in total. The first kappa shape index (κ1) is 9.45. The largest absolute Gasteiger partial charge is 0.399 e. The Hall–Kier alpha value is -2.11.